The van der Waals surface area contributed by atoms with Crippen molar-refractivity contribution >= 4 is 17.4 Å². The van der Waals surface area contributed by atoms with Crippen molar-refractivity contribution in [2.75, 3.05) is 7.05 Å². The highest BCUT2D eigenvalue weighted by atomic mass is 35.5. The van der Waals surface area contributed by atoms with Crippen molar-refractivity contribution < 1.29 is 4.79 Å². The molecule has 0 spiro atoms. The number of Topliss-reactive ketones (excluding diaryl/α,β-unsaturated/α-hetero) is 1. The van der Waals surface area contributed by atoms with Gasteiger partial charge in [-0.3, -0.25) is 9.69 Å². The Bertz CT molecular complexity index is 457. The van der Waals surface area contributed by atoms with E-state index in [1.54, 1.807) is 12.1 Å². The number of rotatable bonds is 4. The van der Waals surface area contributed by atoms with Gasteiger partial charge in [-0.15, -0.1) is 0 Å². The molecule has 3 heteroatoms. The van der Waals surface area contributed by atoms with Crippen LogP contribution >= 0.6 is 11.6 Å². The molecule has 0 radical (unpaired) electrons. The molecular weight excluding hydrogens is 270 g/mol. The number of carbonyl (C=O) groups is 1. The van der Waals surface area contributed by atoms with Gasteiger partial charge in [0, 0.05) is 16.6 Å². The van der Waals surface area contributed by atoms with Crippen molar-refractivity contribution in [2.24, 2.45) is 5.92 Å². The minimum Gasteiger partial charge on any atom is -0.293 e. The lowest BCUT2D eigenvalue weighted by Crippen LogP contribution is -2.47. The van der Waals surface area contributed by atoms with Crippen molar-refractivity contribution in [1.82, 2.24) is 4.90 Å². The van der Waals surface area contributed by atoms with Crippen molar-refractivity contribution in [3.05, 3.63) is 34.9 Å². The predicted molar refractivity (Wildman–Crippen MR) is 84.4 cm³/mol. The van der Waals surface area contributed by atoms with Crippen molar-refractivity contribution in [2.45, 2.75) is 51.6 Å². The van der Waals surface area contributed by atoms with Crippen molar-refractivity contribution in [3.8, 4) is 0 Å². The van der Waals surface area contributed by atoms with Crippen LogP contribution < -0.4 is 0 Å². The van der Waals surface area contributed by atoms with Crippen LogP contribution in [0, 0.1) is 5.92 Å². The summed E-state index contributed by atoms with van der Waals surface area (Å²) in [6.07, 6.45) is 5.08. The van der Waals surface area contributed by atoms with Crippen LogP contribution in [-0.4, -0.2) is 29.8 Å². The van der Waals surface area contributed by atoms with E-state index in [2.05, 4.69) is 18.9 Å². The second-order valence-electron chi connectivity index (χ2n) is 6.04. The van der Waals surface area contributed by atoms with Gasteiger partial charge < -0.3 is 0 Å². The van der Waals surface area contributed by atoms with Crippen molar-refractivity contribution in [3.63, 3.8) is 0 Å². The smallest absolute Gasteiger partial charge is 0.179 e. The number of likely N-dealkylation sites (N-methyl/N-ethyl adjacent to an activating group) is 1. The van der Waals surface area contributed by atoms with Crippen LogP contribution in [0.5, 0.6) is 0 Å². The summed E-state index contributed by atoms with van der Waals surface area (Å²) in [4.78, 5) is 14.8. The zero-order chi connectivity index (χ0) is 14.7. The fraction of sp³-hybridized carbons (Fsp3) is 0.588. The fourth-order valence-electron chi connectivity index (χ4n) is 3.23. The number of hydrogen-bond acceptors (Lipinski definition) is 2. The Morgan fingerprint density at radius 2 is 1.85 bits per heavy atom. The van der Waals surface area contributed by atoms with Gasteiger partial charge in [0.05, 0.1) is 6.04 Å². The predicted octanol–water partition coefficient (Wildman–Crippen LogP) is 4.42. The second kappa shape index (κ2) is 6.73. The Kier molecular flexibility index (Phi) is 5.22. The molecule has 0 saturated heterocycles. The SMILES string of the molecule is CC1CCCCC1N(C)C(C)C(=O)c1ccc(Cl)cc1. The zero-order valence-corrected chi connectivity index (χ0v) is 13.4. The first-order valence-electron chi connectivity index (χ1n) is 7.52. The molecular formula is C17H24ClNO. The summed E-state index contributed by atoms with van der Waals surface area (Å²) in [6.45, 7) is 4.32. The minimum absolute atomic E-state index is 0.0817. The Hall–Kier alpha value is -0.860. The molecule has 1 aliphatic carbocycles. The third-order valence-electron chi connectivity index (χ3n) is 4.71. The summed E-state index contributed by atoms with van der Waals surface area (Å²) in [5, 5.41) is 0.670. The highest BCUT2D eigenvalue weighted by Crippen LogP contribution is 2.29. The van der Waals surface area contributed by atoms with Crippen LogP contribution in [0.3, 0.4) is 0 Å². The average Bonchev–Trinajstić information content (AvgIpc) is 2.46. The first-order valence-corrected chi connectivity index (χ1v) is 7.90. The van der Waals surface area contributed by atoms with E-state index in [0.717, 1.165) is 5.56 Å². The van der Waals surface area contributed by atoms with Crippen LogP contribution in [0.15, 0.2) is 24.3 Å². The standard InChI is InChI=1S/C17H24ClNO/c1-12-6-4-5-7-16(12)19(3)13(2)17(20)14-8-10-15(18)11-9-14/h8-13,16H,4-7H2,1-3H3. The van der Waals surface area contributed by atoms with Crippen LogP contribution in [0.25, 0.3) is 0 Å². The van der Waals surface area contributed by atoms with Gasteiger partial charge >= 0.3 is 0 Å². The lowest BCUT2D eigenvalue weighted by Gasteiger charge is -2.39. The normalized spacial score (nSPS) is 24.6. The summed E-state index contributed by atoms with van der Waals surface area (Å²) >= 11 is 5.88. The van der Waals surface area contributed by atoms with E-state index >= 15 is 0 Å². The molecule has 3 atom stereocenters. The molecule has 0 amide bonds. The number of ketones is 1. The van der Waals surface area contributed by atoms with E-state index in [1.807, 2.05) is 19.1 Å². The Morgan fingerprint density at radius 1 is 1.25 bits per heavy atom. The van der Waals surface area contributed by atoms with Gasteiger partial charge in [-0.05, 0) is 57.0 Å². The molecule has 0 aliphatic heterocycles. The van der Waals surface area contributed by atoms with E-state index in [9.17, 15) is 4.79 Å². The maximum absolute atomic E-state index is 12.6. The zero-order valence-electron chi connectivity index (χ0n) is 12.6. The highest BCUT2D eigenvalue weighted by molar-refractivity contribution is 6.30. The number of nitrogens with zero attached hydrogens (tertiary/aromatic N) is 1. The van der Waals surface area contributed by atoms with Gasteiger partial charge in [0.2, 0.25) is 0 Å². The maximum Gasteiger partial charge on any atom is 0.179 e. The molecule has 1 aromatic rings. The molecule has 0 aromatic heterocycles. The molecule has 2 nitrogen and oxygen atoms in total. The molecule has 110 valence electrons. The van der Waals surface area contributed by atoms with E-state index in [1.165, 1.54) is 25.7 Å². The fourth-order valence-corrected chi connectivity index (χ4v) is 3.36. The average molecular weight is 294 g/mol. The first-order chi connectivity index (χ1) is 9.50. The lowest BCUT2D eigenvalue weighted by molar-refractivity contribution is 0.0692. The van der Waals surface area contributed by atoms with Gasteiger partial charge in [-0.2, -0.15) is 0 Å². The summed E-state index contributed by atoms with van der Waals surface area (Å²) in [7, 11) is 2.09. The topological polar surface area (TPSA) is 20.3 Å². The van der Waals surface area contributed by atoms with Gasteiger partial charge in [-0.25, -0.2) is 0 Å². The Labute approximate surface area is 127 Å². The molecule has 20 heavy (non-hydrogen) atoms. The molecule has 1 saturated carbocycles. The van der Waals surface area contributed by atoms with E-state index < -0.39 is 0 Å². The largest absolute Gasteiger partial charge is 0.293 e. The van der Waals surface area contributed by atoms with E-state index in [-0.39, 0.29) is 11.8 Å². The third-order valence-corrected chi connectivity index (χ3v) is 4.96. The molecule has 2 rings (SSSR count). The summed E-state index contributed by atoms with van der Waals surface area (Å²) < 4.78 is 0. The second-order valence-corrected chi connectivity index (χ2v) is 6.48. The van der Waals surface area contributed by atoms with E-state index in [0.29, 0.717) is 17.0 Å². The summed E-state index contributed by atoms with van der Waals surface area (Å²) in [5.74, 6) is 0.858. The van der Waals surface area contributed by atoms with Crippen LogP contribution in [0.1, 0.15) is 49.9 Å². The monoisotopic (exact) mass is 293 g/mol. The first kappa shape index (κ1) is 15.5. The molecule has 0 N–H and O–H groups in total. The summed E-state index contributed by atoms with van der Waals surface area (Å²) in [5.41, 5.74) is 0.747. The molecule has 1 fully saturated rings. The molecule has 0 bridgehead atoms. The molecule has 3 unspecified atom stereocenters. The van der Waals surface area contributed by atoms with Gasteiger partial charge in [0.15, 0.2) is 5.78 Å². The maximum atomic E-state index is 12.6. The van der Waals surface area contributed by atoms with Crippen molar-refractivity contribution in [1.29, 1.82) is 0 Å². The van der Waals surface area contributed by atoms with Gasteiger partial charge in [-0.1, -0.05) is 31.4 Å². The van der Waals surface area contributed by atoms with Crippen LogP contribution in [-0.2, 0) is 0 Å². The van der Waals surface area contributed by atoms with Gasteiger partial charge in [0.1, 0.15) is 0 Å². The minimum atomic E-state index is -0.0817. The molecule has 0 heterocycles. The number of hydrogen-bond donors (Lipinski definition) is 0. The molecule has 1 aromatic carbocycles. The molecule has 1 aliphatic rings. The lowest BCUT2D eigenvalue weighted by atomic mass is 9.84. The Balaban J connectivity index is 2.07. The number of carbonyl (C=O) groups excluding carboxylic acids is 1. The third kappa shape index (κ3) is 3.42. The van der Waals surface area contributed by atoms with E-state index in [4.69, 9.17) is 11.6 Å². The van der Waals surface area contributed by atoms with Crippen LogP contribution in [0.4, 0.5) is 0 Å². The highest BCUT2D eigenvalue weighted by Gasteiger charge is 2.30. The van der Waals surface area contributed by atoms with Crippen LogP contribution in [0.2, 0.25) is 5.02 Å². The number of halogens is 1. The van der Waals surface area contributed by atoms with Gasteiger partial charge in [0.25, 0.3) is 0 Å². The Morgan fingerprint density at radius 3 is 2.45 bits per heavy atom. The quantitative estimate of drug-likeness (QED) is 0.766. The summed E-state index contributed by atoms with van der Waals surface area (Å²) in [6, 6.07) is 7.64. The number of benzene rings is 1.